The molecule has 0 spiro atoms. The second-order valence-corrected chi connectivity index (χ2v) is 4.22. The number of hydrogen-bond acceptors (Lipinski definition) is 3. The van der Waals surface area contributed by atoms with Gasteiger partial charge in [-0.15, -0.1) is 0 Å². The first-order chi connectivity index (χ1) is 9.22. The lowest BCUT2D eigenvalue weighted by atomic mass is 10.1. The fraction of sp³-hybridized carbons (Fsp3) is 0.200. The summed E-state index contributed by atoms with van der Waals surface area (Å²) in [7, 11) is 1.56. The van der Waals surface area contributed by atoms with Gasteiger partial charge in [-0.1, -0.05) is 24.3 Å². The zero-order valence-corrected chi connectivity index (χ0v) is 10.8. The van der Waals surface area contributed by atoms with Crippen LogP contribution >= 0.6 is 0 Å². The molecule has 0 saturated carbocycles. The van der Waals surface area contributed by atoms with Gasteiger partial charge in [-0.2, -0.15) is 0 Å². The van der Waals surface area contributed by atoms with Crippen LogP contribution in [0.1, 0.15) is 11.1 Å². The Hall–Kier alpha value is -2.07. The number of ether oxygens (including phenoxy) is 1. The maximum absolute atomic E-state index is 13.2. The molecule has 0 unspecified atom stereocenters. The van der Waals surface area contributed by atoms with Crippen molar-refractivity contribution in [2.45, 2.75) is 13.1 Å². The van der Waals surface area contributed by atoms with Crippen LogP contribution in [0.15, 0.2) is 42.5 Å². The number of benzene rings is 2. The second kappa shape index (κ2) is 6.20. The van der Waals surface area contributed by atoms with Gasteiger partial charge in [-0.25, -0.2) is 4.39 Å². The molecular weight excluding hydrogens is 243 g/mol. The zero-order valence-electron chi connectivity index (χ0n) is 10.8. The van der Waals surface area contributed by atoms with Crippen molar-refractivity contribution >= 4 is 5.69 Å². The number of nitrogens with one attached hydrogen (secondary N) is 1. The van der Waals surface area contributed by atoms with Crippen molar-refractivity contribution in [3.63, 3.8) is 0 Å². The van der Waals surface area contributed by atoms with Crippen LogP contribution in [0, 0.1) is 5.82 Å². The van der Waals surface area contributed by atoms with Gasteiger partial charge in [0, 0.05) is 19.2 Å². The number of halogens is 1. The van der Waals surface area contributed by atoms with Crippen LogP contribution < -0.4 is 15.8 Å². The van der Waals surface area contributed by atoms with E-state index in [1.165, 1.54) is 12.1 Å². The normalized spacial score (nSPS) is 10.3. The molecule has 2 aromatic rings. The quantitative estimate of drug-likeness (QED) is 0.869. The van der Waals surface area contributed by atoms with Gasteiger partial charge < -0.3 is 15.8 Å². The molecule has 0 bridgehead atoms. The molecule has 2 rings (SSSR count). The number of methoxy groups -OCH3 is 1. The highest BCUT2D eigenvalue weighted by molar-refractivity contribution is 5.56. The van der Waals surface area contributed by atoms with E-state index in [4.69, 9.17) is 10.5 Å². The van der Waals surface area contributed by atoms with E-state index < -0.39 is 0 Å². The smallest absolute Gasteiger partial charge is 0.142 e. The molecule has 0 radical (unpaired) electrons. The van der Waals surface area contributed by atoms with Crippen molar-refractivity contribution in [2.75, 3.05) is 12.4 Å². The van der Waals surface area contributed by atoms with E-state index in [0.717, 1.165) is 11.1 Å². The molecule has 0 aliphatic carbocycles. The molecule has 0 amide bonds. The number of anilines is 1. The van der Waals surface area contributed by atoms with Crippen molar-refractivity contribution in [3.8, 4) is 5.75 Å². The predicted molar refractivity (Wildman–Crippen MR) is 74.6 cm³/mol. The zero-order chi connectivity index (χ0) is 13.7. The van der Waals surface area contributed by atoms with E-state index in [-0.39, 0.29) is 5.82 Å². The Balaban J connectivity index is 2.11. The first-order valence-corrected chi connectivity index (χ1v) is 6.08. The van der Waals surface area contributed by atoms with E-state index in [2.05, 4.69) is 5.32 Å². The van der Waals surface area contributed by atoms with Gasteiger partial charge in [0.15, 0.2) is 0 Å². The minimum atomic E-state index is -0.293. The Bertz CT molecular complexity index is 558. The number of hydrogen-bond donors (Lipinski definition) is 2. The lowest BCUT2D eigenvalue weighted by molar-refractivity contribution is 0.415. The molecule has 0 aromatic heterocycles. The summed E-state index contributed by atoms with van der Waals surface area (Å²) in [6, 6.07) is 12.4. The summed E-state index contributed by atoms with van der Waals surface area (Å²) in [4.78, 5) is 0. The van der Waals surface area contributed by atoms with E-state index in [0.29, 0.717) is 24.5 Å². The molecule has 0 aliphatic heterocycles. The van der Waals surface area contributed by atoms with Gasteiger partial charge >= 0.3 is 0 Å². The van der Waals surface area contributed by atoms with E-state index >= 15 is 0 Å². The van der Waals surface area contributed by atoms with E-state index in [1.807, 2.05) is 24.3 Å². The van der Waals surface area contributed by atoms with Crippen molar-refractivity contribution < 1.29 is 9.13 Å². The topological polar surface area (TPSA) is 47.3 Å². The minimum absolute atomic E-state index is 0.293. The molecule has 2 aromatic carbocycles. The molecule has 4 heteroatoms. The summed E-state index contributed by atoms with van der Waals surface area (Å²) in [5.41, 5.74) is 8.41. The van der Waals surface area contributed by atoms with E-state index in [1.54, 1.807) is 13.2 Å². The maximum atomic E-state index is 13.2. The molecule has 3 N–H and O–H groups in total. The van der Waals surface area contributed by atoms with Crippen molar-refractivity contribution in [2.24, 2.45) is 5.73 Å². The molecule has 3 nitrogen and oxygen atoms in total. The monoisotopic (exact) mass is 260 g/mol. The van der Waals surface area contributed by atoms with Crippen molar-refractivity contribution in [3.05, 3.63) is 59.4 Å². The molecule has 100 valence electrons. The molecule has 0 atom stereocenters. The highest BCUT2D eigenvalue weighted by Gasteiger charge is 2.04. The Morgan fingerprint density at radius 3 is 2.68 bits per heavy atom. The molecular formula is C15H17FN2O. The van der Waals surface area contributed by atoms with E-state index in [9.17, 15) is 4.39 Å². The van der Waals surface area contributed by atoms with Crippen LogP contribution in [-0.4, -0.2) is 7.11 Å². The first-order valence-electron chi connectivity index (χ1n) is 6.08. The van der Waals surface area contributed by atoms with Crippen LogP contribution in [0.3, 0.4) is 0 Å². The Morgan fingerprint density at radius 2 is 1.95 bits per heavy atom. The molecule has 0 aliphatic rings. The Morgan fingerprint density at radius 1 is 1.16 bits per heavy atom. The summed E-state index contributed by atoms with van der Waals surface area (Å²) in [5, 5.41) is 3.17. The summed E-state index contributed by atoms with van der Waals surface area (Å²) >= 11 is 0. The Kier molecular flexibility index (Phi) is 4.36. The molecule has 0 heterocycles. The largest absolute Gasteiger partial charge is 0.495 e. The SMILES string of the molecule is COc1ccc(F)cc1NCc1cccc(CN)c1. The van der Waals surface area contributed by atoms with Crippen LogP contribution in [0.5, 0.6) is 5.75 Å². The van der Waals surface area contributed by atoms with Crippen molar-refractivity contribution in [1.82, 2.24) is 0 Å². The number of rotatable bonds is 5. The van der Waals surface area contributed by atoms with Crippen LogP contribution in [0.2, 0.25) is 0 Å². The third kappa shape index (κ3) is 3.45. The van der Waals surface area contributed by atoms with Gasteiger partial charge in [0.25, 0.3) is 0 Å². The average molecular weight is 260 g/mol. The van der Waals surface area contributed by atoms with Gasteiger partial charge in [0.1, 0.15) is 11.6 Å². The molecule has 0 saturated heterocycles. The van der Waals surface area contributed by atoms with Gasteiger partial charge in [-0.3, -0.25) is 0 Å². The standard InChI is InChI=1S/C15H17FN2O/c1-19-15-6-5-13(16)8-14(15)18-10-12-4-2-3-11(7-12)9-17/h2-8,18H,9-10,17H2,1H3. The summed E-state index contributed by atoms with van der Waals surface area (Å²) < 4.78 is 18.4. The molecule has 0 fully saturated rings. The van der Waals surface area contributed by atoms with Gasteiger partial charge in [0.05, 0.1) is 12.8 Å². The fourth-order valence-corrected chi connectivity index (χ4v) is 1.88. The first kappa shape index (κ1) is 13.4. The van der Waals surface area contributed by atoms with Gasteiger partial charge in [-0.05, 0) is 23.3 Å². The van der Waals surface area contributed by atoms with Crippen molar-refractivity contribution in [1.29, 1.82) is 0 Å². The minimum Gasteiger partial charge on any atom is -0.495 e. The van der Waals surface area contributed by atoms with Crippen LogP contribution in [-0.2, 0) is 13.1 Å². The van der Waals surface area contributed by atoms with Gasteiger partial charge in [0.2, 0.25) is 0 Å². The van der Waals surface area contributed by atoms with Crippen LogP contribution in [0.25, 0.3) is 0 Å². The predicted octanol–water partition coefficient (Wildman–Crippen LogP) is 2.91. The lowest BCUT2D eigenvalue weighted by Gasteiger charge is -2.11. The highest BCUT2D eigenvalue weighted by Crippen LogP contribution is 2.25. The Labute approximate surface area is 112 Å². The second-order valence-electron chi connectivity index (χ2n) is 4.22. The summed E-state index contributed by atoms with van der Waals surface area (Å²) in [6.07, 6.45) is 0. The highest BCUT2D eigenvalue weighted by atomic mass is 19.1. The summed E-state index contributed by atoms with van der Waals surface area (Å²) in [5.74, 6) is 0.329. The lowest BCUT2D eigenvalue weighted by Crippen LogP contribution is -2.03. The van der Waals surface area contributed by atoms with Crippen LogP contribution in [0.4, 0.5) is 10.1 Å². The molecule has 19 heavy (non-hydrogen) atoms. The summed E-state index contributed by atoms with van der Waals surface area (Å²) in [6.45, 7) is 1.10. The average Bonchev–Trinajstić information content (AvgIpc) is 2.45. The third-order valence-electron chi connectivity index (χ3n) is 2.87. The third-order valence-corrected chi connectivity index (χ3v) is 2.87. The number of nitrogens with two attached hydrogens (primary N) is 1. The maximum Gasteiger partial charge on any atom is 0.142 e. The fourth-order valence-electron chi connectivity index (χ4n) is 1.88.